The van der Waals surface area contributed by atoms with Crippen molar-refractivity contribution in [2.75, 3.05) is 4.90 Å². The molecule has 1 fully saturated rings. The number of carbonyl (C=O) groups excluding carboxylic acids is 1. The fourth-order valence-corrected chi connectivity index (χ4v) is 4.72. The summed E-state index contributed by atoms with van der Waals surface area (Å²) in [6.45, 7) is 0. The monoisotopic (exact) mass is 494 g/mol. The number of benzene rings is 3. The Labute approximate surface area is 207 Å². The van der Waals surface area contributed by atoms with E-state index in [9.17, 15) is 9.90 Å². The van der Waals surface area contributed by atoms with Crippen molar-refractivity contribution in [1.82, 2.24) is 15.1 Å². The minimum Gasteiger partial charge on any atom is -0.393 e. The van der Waals surface area contributed by atoms with Gasteiger partial charge in [-0.05, 0) is 80.3 Å². The van der Waals surface area contributed by atoms with Gasteiger partial charge in [-0.15, -0.1) is 0 Å². The summed E-state index contributed by atoms with van der Waals surface area (Å²) >= 11 is 12.5. The quantitative estimate of drug-likeness (QED) is 0.340. The predicted octanol–water partition coefficient (Wildman–Crippen LogP) is 6.48. The molecule has 2 N–H and O–H groups in total. The summed E-state index contributed by atoms with van der Waals surface area (Å²) < 4.78 is 1.76. The summed E-state index contributed by atoms with van der Waals surface area (Å²) in [5.41, 5.74) is 2.16. The maximum atomic E-state index is 13.8. The smallest absolute Gasteiger partial charge is 0.327 e. The average molecular weight is 495 g/mol. The highest BCUT2D eigenvalue weighted by Gasteiger charge is 2.29. The molecule has 0 unspecified atom stereocenters. The third-order valence-electron chi connectivity index (χ3n) is 6.13. The first-order valence-corrected chi connectivity index (χ1v) is 12.0. The van der Waals surface area contributed by atoms with Gasteiger partial charge in [-0.3, -0.25) is 0 Å². The molecule has 1 aromatic heterocycles. The first-order valence-electron chi connectivity index (χ1n) is 11.3. The van der Waals surface area contributed by atoms with Crippen LogP contribution in [0.2, 0.25) is 10.0 Å². The fourth-order valence-electron chi connectivity index (χ4n) is 4.41. The van der Waals surface area contributed by atoms with Crippen LogP contribution in [0.1, 0.15) is 25.7 Å². The number of amides is 2. The zero-order valence-corrected chi connectivity index (χ0v) is 19.9. The van der Waals surface area contributed by atoms with Crippen molar-refractivity contribution in [2.45, 2.75) is 37.8 Å². The van der Waals surface area contributed by atoms with E-state index >= 15 is 0 Å². The zero-order valence-electron chi connectivity index (χ0n) is 18.4. The topological polar surface area (TPSA) is 70.4 Å². The number of fused-ring (bicyclic) bond motifs is 1. The first kappa shape index (κ1) is 22.7. The van der Waals surface area contributed by atoms with E-state index in [0.29, 0.717) is 34.4 Å². The molecule has 6 nitrogen and oxygen atoms in total. The predicted molar refractivity (Wildman–Crippen MR) is 136 cm³/mol. The number of nitrogens with one attached hydrogen (secondary N) is 1. The van der Waals surface area contributed by atoms with E-state index in [4.69, 9.17) is 28.3 Å². The normalized spacial score (nSPS) is 18.1. The number of carbonyl (C=O) groups is 1. The van der Waals surface area contributed by atoms with Crippen LogP contribution in [-0.4, -0.2) is 33.1 Å². The number of urea groups is 1. The van der Waals surface area contributed by atoms with Crippen molar-refractivity contribution in [3.63, 3.8) is 0 Å². The van der Waals surface area contributed by atoms with Crippen LogP contribution in [-0.2, 0) is 0 Å². The van der Waals surface area contributed by atoms with E-state index in [2.05, 4.69) is 5.32 Å². The molecule has 174 valence electrons. The lowest BCUT2D eigenvalue weighted by Crippen LogP contribution is -2.45. The Morgan fingerprint density at radius 3 is 2.41 bits per heavy atom. The molecule has 8 heteroatoms. The van der Waals surface area contributed by atoms with Crippen molar-refractivity contribution in [1.29, 1.82) is 0 Å². The Morgan fingerprint density at radius 1 is 0.941 bits per heavy atom. The number of anilines is 2. The summed E-state index contributed by atoms with van der Waals surface area (Å²) in [5.74, 6) is 0.605. The zero-order chi connectivity index (χ0) is 23.7. The molecule has 1 heterocycles. The molecule has 0 aliphatic heterocycles. The van der Waals surface area contributed by atoms with Gasteiger partial charge in [0.05, 0.1) is 23.0 Å². The third-order valence-corrected chi connectivity index (χ3v) is 6.62. The average Bonchev–Trinajstić information content (AvgIpc) is 3.21. The van der Waals surface area contributed by atoms with E-state index < -0.39 is 0 Å². The van der Waals surface area contributed by atoms with E-state index in [0.717, 1.165) is 29.4 Å². The number of aromatic nitrogens is 2. The van der Waals surface area contributed by atoms with E-state index in [-0.39, 0.29) is 18.2 Å². The first-order chi connectivity index (χ1) is 16.5. The lowest BCUT2D eigenvalue weighted by atomic mass is 9.93. The van der Waals surface area contributed by atoms with Crippen LogP contribution < -0.4 is 10.2 Å². The lowest BCUT2D eigenvalue weighted by Gasteiger charge is -2.30. The van der Waals surface area contributed by atoms with Crippen LogP contribution in [0.4, 0.5) is 16.3 Å². The number of rotatable bonds is 4. The molecule has 0 saturated heterocycles. The van der Waals surface area contributed by atoms with Gasteiger partial charge in [-0.2, -0.15) is 5.10 Å². The molecule has 34 heavy (non-hydrogen) atoms. The summed E-state index contributed by atoms with van der Waals surface area (Å²) in [4.78, 5) is 15.5. The molecular weight excluding hydrogens is 471 g/mol. The number of aliphatic hydroxyl groups is 1. The summed E-state index contributed by atoms with van der Waals surface area (Å²) in [6.07, 6.45) is 2.51. The van der Waals surface area contributed by atoms with Crippen LogP contribution in [0.15, 0.2) is 72.8 Å². The van der Waals surface area contributed by atoms with E-state index in [1.54, 1.807) is 33.8 Å². The van der Waals surface area contributed by atoms with Gasteiger partial charge in [0.2, 0.25) is 0 Å². The van der Waals surface area contributed by atoms with Crippen LogP contribution in [0.3, 0.4) is 0 Å². The van der Waals surface area contributed by atoms with Gasteiger partial charge in [-0.25, -0.2) is 14.4 Å². The Morgan fingerprint density at radius 2 is 1.68 bits per heavy atom. The van der Waals surface area contributed by atoms with Crippen LogP contribution >= 0.6 is 23.2 Å². The lowest BCUT2D eigenvalue weighted by molar-refractivity contribution is 0.118. The van der Waals surface area contributed by atoms with Gasteiger partial charge in [0.1, 0.15) is 0 Å². The molecule has 2 amide bonds. The molecule has 4 aromatic rings. The minimum absolute atomic E-state index is 0.0178. The van der Waals surface area contributed by atoms with E-state index in [1.165, 1.54) is 0 Å². The molecule has 0 atom stereocenters. The molecule has 3 aromatic carbocycles. The molecule has 0 radical (unpaired) electrons. The second-order valence-electron chi connectivity index (χ2n) is 8.50. The largest absolute Gasteiger partial charge is 0.393 e. The second kappa shape index (κ2) is 9.66. The van der Waals surface area contributed by atoms with Crippen molar-refractivity contribution in [3.8, 4) is 5.69 Å². The summed E-state index contributed by atoms with van der Waals surface area (Å²) in [7, 11) is 0. The SMILES string of the molecule is O=C(NC1CCC(O)CC1)N(c1cccc(Cl)c1)c1c2ccccc2nn1-c1ccc(Cl)cc1. The maximum absolute atomic E-state index is 13.8. The molecular formula is C26H24Cl2N4O2. The standard InChI is InChI=1S/C26H24Cl2N4O2/c27-17-8-12-20(13-9-17)32-25(23-6-1-2-7-24(23)30-32)31(21-5-3-4-18(28)16-21)26(34)29-19-10-14-22(33)15-11-19/h1-9,12-13,16,19,22,33H,10-11,14-15H2,(H,29,34). The number of nitrogens with zero attached hydrogens (tertiary/aromatic N) is 3. The van der Waals surface area contributed by atoms with Crippen molar-refractivity contribution >= 4 is 51.6 Å². The molecule has 5 rings (SSSR count). The highest BCUT2D eigenvalue weighted by molar-refractivity contribution is 6.31. The maximum Gasteiger partial charge on any atom is 0.327 e. The molecule has 0 spiro atoms. The van der Waals surface area contributed by atoms with Gasteiger partial charge in [0, 0.05) is 21.5 Å². The van der Waals surface area contributed by atoms with Gasteiger partial charge < -0.3 is 10.4 Å². The molecule has 1 aliphatic rings. The van der Waals surface area contributed by atoms with Crippen LogP contribution in [0.5, 0.6) is 0 Å². The Balaban J connectivity index is 1.65. The second-order valence-corrected chi connectivity index (χ2v) is 9.37. The Kier molecular flexibility index (Phi) is 6.46. The van der Waals surface area contributed by atoms with Gasteiger partial charge >= 0.3 is 6.03 Å². The number of hydrogen-bond acceptors (Lipinski definition) is 3. The molecule has 0 bridgehead atoms. The van der Waals surface area contributed by atoms with Crippen LogP contribution in [0, 0.1) is 0 Å². The highest BCUT2D eigenvalue weighted by atomic mass is 35.5. The number of halogens is 2. The van der Waals surface area contributed by atoms with Crippen molar-refractivity contribution < 1.29 is 9.90 Å². The number of hydrogen-bond donors (Lipinski definition) is 2. The summed E-state index contributed by atoms with van der Waals surface area (Å²) in [5, 5.41) is 19.8. The summed E-state index contributed by atoms with van der Waals surface area (Å²) in [6, 6.07) is 22.0. The van der Waals surface area contributed by atoms with Crippen molar-refractivity contribution in [3.05, 3.63) is 82.8 Å². The highest BCUT2D eigenvalue weighted by Crippen LogP contribution is 2.36. The van der Waals surface area contributed by atoms with Gasteiger partial charge in [0.25, 0.3) is 0 Å². The molecule has 1 saturated carbocycles. The van der Waals surface area contributed by atoms with Crippen LogP contribution in [0.25, 0.3) is 16.6 Å². The Hall–Kier alpha value is -3.06. The van der Waals surface area contributed by atoms with Crippen molar-refractivity contribution in [2.24, 2.45) is 0 Å². The minimum atomic E-state index is -0.299. The third kappa shape index (κ3) is 4.62. The molecule has 1 aliphatic carbocycles. The Bertz CT molecular complexity index is 1310. The van der Waals surface area contributed by atoms with Gasteiger partial charge in [0.15, 0.2) is 5.82 Å². The van der Waals surface area contributed by atoms with E-state index in [1.807, 2.05) is 48.5 Å². The number of aliphatic hydroxyl groups excluding tert-OH is 1. The van der Waals surface area contributed by atoms with Gasteiger partial charge in [-0.1, -0.05) is 41.4 Å². The fraction of sp³-hybridized carbons (Fsp3) is 0.231.